The number of halogens is 1. The maximum Gasteiger partial charge on any atom is 0.230 e. The first-order chi connectivity index (χ1) is 10.1. The zero-order valence-electron chi connectivity index (χ0n) is 11.5. The summed E-state index contributed by atoms with van der Waals surface area (Å²) in [5.74, 6) is -0.306. The van der Waals surface area contributed by atoms with E-state index in [-0.39, 0.29) is 11.7 Å². The molecule has 21 heavy (non-hydrogen) atoms. The van der Waals surface area contributed by atoms with Crippen LogP contribution in [0.3, 0.4) is 0 Å². The van der Waals surface area contributed by atoms with E-state index in [2.05, 4.69) is 5.32 Å². The maximum absolute atomic E-state index is 13.5. The molecule has 0 heterocycles. The van der Waals surface area contributed by atoms with Gasteiger partial charge in [0.15, 0.2) is 0 Å². The van der Waals surface area contributed by atoms with Crippen molar-refractivity contribution in [1.29, 1.82) is 0 Å². The summed E-state index contributed by atoms with van der Waals surface area (Å²) < 4.78 is 13.5. The molecule has 0 atom stereocenters. The molecular weight excluding hydrogens is 287 g/mol. The van der Waals surface area contributed by atoms with Crippen molar-refractivity contribution in [3.8, 4) is 0 Å². The van der Waals surface area contributed by atoms with Crippen molar-refractivity contribution in [2.45, 2.75) is 11.3 Å². The van der Waals surface area contributed by atoms with Crippen LogP contribution in [0, 0.1) is 5.82 Å². The first kappa shape index (κ1) is 15.4. The van der Waals surface area contributed by atoms with Crippen molar-refractivity contribution in [3.63, 3.8) is 0 Å². The summed E-state index contributed by atoms with van der Waals surface area (Å²) in [6.07, 6.45) is 0.785. The predicted molar refractivity (Wildman–Crippen MR) is 84.7 cm³/mol. The Morgan fingerprint density at radius 1 is 1.19 bits per heavy atom. The van der Waals surface area contributed by atoms with Crippen LogP contribution in [-0.4, -0.2) is 18.2 Å². The Morgan fingerprint density at radius 3 is 2.67 bits per heavy atom. The number of hydrogen-bond acceptors (Lipinski definition) is 3. The summed E-state index contributed by atoms with van der Waals surface area (Å²) >= 11 is 1.17. The highest BCUT2D eigenvalue weighted by Crippen LogP contribution is 2.23. The third kappa shape index (κ3) is 5.11. The summed E-state index contributed by atoms with van der Waals surface area (Å²) in [6.45, 7) is 0.577. The SMILES string of the molecule is Nc1ccc(SCC(=O)NCCc2ccccc2)c(F)c1. The van der Waals surface area contributed by atoms with Crippen LogP contribution < -0.4 is 11.1 Å². The molecule has 0 saturated carbocycles. The van der Waals surface area contributed by atoms with E-state index < -0.39 is 5.82 Å². The van der Waals surface area contributed by atoms with E-state index in [1.807, 2.05) is 30.3 Å². The summed E-state index contributed by atoms with van der Waals surface area (Å²) in [5, 5.41) is 2.83. The molecule has 0 unspecified atom stereocenters. The van der Waals surface area contributed by atoms with Gasteiger partial charge in [-0.05, 0) is 30.2 Å². The van der Waals surface area contributed by atoms with E-state index in [1.165, 1.54) is 23.4 Å². The van der Waals surface area contributed by atoms with E-state index in [9.17, 15) is 9.18 Å². The van der Waals surface area contributed by atoms with Crippen LogP contribution >= 0.6 is 11.8 Å². The van der Waals surface area contributed by atoms with E-state index in [0.717, 1.165) is 6.42 Å². The third-order valence-corrected chi connectivity index (χ3v) is 3.94. The number of benzene rings is 2. The Kier molecular flexibility index (Phi) is 5.63. The summed E-state index contributed by atoms with van der Waals surface area (Å²) in [6, 6.07) is 14.4. The van der Waals surface area contributed by atoms with Crippen LogP contribution in [-0.2, 0) is 11.2 Å². The number of hydrogen-bond donors (Lipinski definition) is 2. The van der Waals surface area contributed by atoms with Gasteiger partial charge in [0.25, 0.3) is 0 Å². The molecule has 0 radical (unpaired) electrons. The van der Waals surface area contributed by atoms with Gasteiger partial charge in [-0.1, -0.05) is 30.3 Å². The van der Waals surface area contributed by atoms with Crippen molar-refractivity contribution in [2.75, 3.05) is 18.0 Å². The van der Waals surface area contributed by atoms with Crippen molar-refractivity contribution in [1.82, 2.24) is 5.32 Å². The fourth-order valence-corrected chi connectivity index (χ4v) is 2.57. The average molecular weight is 304 g/mol. The molecule has 0 spiro atoms. The van der Waals surface area contributed by atoms with Crippen LogP contribution in [0.4, 0.5) is 10.1 Å². The van der Waals surface area contributed by atoms with Gasteiger partial charge in [0.05, 0.1) is 5.75 Å². The molecule has 3 nitrogen and oxygen atoms in total. The highest BCUT2D eigenvalue weighted by molar-refractivity contribution is 8.00. The van der Waals surface area contributed by atoms with Crippen molar-refractivity contribution in [2.24, 2.45) is 0 Å². The molecule has 0 aliphatic carbocycles. The molecule has 0 aromatic heterocycles. The average Bonchev–Trinajstić information content (AvgIpc) is 2.47. The molecule has 0 bridgehead atoms. The largest absolute Gasteiger partial charge is 0.399 e. The lowest BCUT2D eigenvalue weighted by Gasteiger charge is -2.06. The first-order valence-corrected chi connectivity index (χ1v) is 7.62. The number of thioether (sulfide) groups is 1. The molecule has 0 aliphatic heterocycles. The Morgan fingerprint density at radius 2 is 1.95 bits per heavy atom. The number of amides is 1. The molecule has 0 aliphatic rings. The smallest absolute Gasteiger partial charge is 0.230 e. The van der Waals surface area contributed by atoms with Crippen LogP contribution in [0.2, 0.25) is 0 Å². The van der Waals surface area contributed by atoms with Gasteiger partial charge in [-0.25, -0.2) is 4.39 Å². The second-order valence-electron chi connectivity index (χ2n) is 4.56. The van der Waals surface area contributed by atoms with Gasteiger partial charge in [-0.3, -0.25) is 4.79 Å². The van der Waals surface area contributed by atoms with Crippen molar-refractivity contribution < 1.29 is 9.18 Å². The monoisotopic (exact) mass is 304 g/mol. The minimum atomic E-state index is -0.392. The van der Waals surface area contributed by atoms with Gasteiger partial charge >= 0.3 is 0 Å². The molecule has 0 saturated heterocycles. The number of nitrogens with one attached hydrogen (secondary N) is 1. The van der Waals surface area contributed by atoms with E-state index in [4.69, 9.17) is 5.73 Å². The van der Waals surface area contributed by atoms with Crippen LogP contribution in [0.25, 0.3) is 0 Å². The summed E-state index contributed by atoms with van der Waals surface area (Å²) in [4.78, 5) is 12.1. The van der Waals surface area contributed by atoms with Gasteiger partial charge in [-0.15, -0.1) is 11.8 Å². The van der Waals surface area contributed by atoms with Crippen LogP contribution in [0.5, 0.6) is 0 Å². The molecule has 1 amide bonds. The number of carbonyl (C=O) groups excluding carboxylic acids is 1. The molecule has 2 rings (SSSR count). The molecule has 2 aromatic rings. The lowest BCUT2D eigenvalue weighted by atomic mass is 10.1. The Balaban J connectivity index is 1.72. The van der Waals surface area contributed by atoms with E-state index >= 15 is 0 Å². The van der Waals surface area contributed by atoms with Gasteiger partial charge in [-0.2, -0.15) is 0 Å². The highest BCUT2D eigenvalue weighted by Gasteiger charge is 2.07. The zero-order chi connectivity index (χ0) is 15.1. The minimum absolute atomic E-state index is 0.104. The van der Waals surface area contributed by atoms with Crippen LogP contribution in [0.1, 0.15) is 5.56 Å². The predicted octanol–water partition coefficient (Wildman–Crippen LogP) is 2.86. The fraction of sp³-hybridized carbons (Fsp3) is 0.188. The van der Waals surface area contributed by atoms with Crippen molar-refractivity contribution in [3.05, 3.63) is 59.9 Å². The quantitative estimate of drug-likeness (QED) is 0.637. The minimum Gasteiger partial charge on any atom is -0.399 e. The standard InChI is InChI=1S/C16H17FN2OS/c17-14-10-13(18)6-7-15(14)21-11-16(20)19-9-8-12-4-2-1-3-5-12/h1-7,10H,8-9,11,18H2,(H,19,20). The number of nitrogens with two attached hydrogens (primary N) is 1. The summed E-state index contributed by atoms with van der Waals surface area (Å²) in [7, 11) is 0. The fourth-order valence-electron chi connectivity index (χ4n) is 1.82. The van der Waals surface area contributed by atoms with Gasteiger partial charge < -0.3 is 11.1 Å². The van der Waals surface area contributed by atoms with Crippen molar-refractivity contribution >= 4 is 23.4 Å². The number of anilines is 1. The number of rotatable bonds is 6. The molecule has 3 N–H and O–H groups in total. The lowest BCUT2D eigenvalue weighted by Crippen LogP contribution is -2.27. The van der Waals surface area contributed by atoms with Crippen LogP contribution in [0.15, 0.2) is 53.4 Å². The normalized spacial score (nSPS) is 10.3. The Hall–Kier alpha value is -2.01. The second kappa shape index (κ2) is 7.69. The maximum atomic E-state index is 13.5. The highest BCUT2D eigenvalue weighted by atomic mass is 32.2. The van der Waals surface area contributed by atoms with E-state index in [1.54, 1.807) is 12.1 Å². The van der Waals surface area contributed by atoms with Gasteiger partial charge in [0.2, 0.25) is 5.91 Å². The summed E-state index contributed by atoms with van der Waals surface area (Å²) in [5.41, 5.74) is 7.03. The molecule has 2 aromatic carbocycles. The van der Waals surface area contributed by atoms with Gasteiger partial charge in [0.1, 0.15) is 5.82 Å². The van der Waals surface area contributed by atoms with Gasteiger partial charge in [0, 0.05) is 17.1 Å². The molecular formula is C16H17FN2OS. The second-order valence-corrected chi connectivity index (χ2v) is 5.58. The van der Waals surface area contributed by atoms with E-state index in [0.29, 0.717) is 17.1 Å². The molecule has 110 valence electrons. The lowest BCUT2D eigenvalue weighted by molar-refractivity contribution is -0.118. The third-order valence-electron chi connectivity index (χ3n) is 2.89. The molecule has 0 fully saturated rings. The topological polar surface area (TPSA) is 55.1 Å². The number of carbonyl (C=O) groups is 1. The molecule has 5 heteroatoms. The first-order valence-electron chi connectivity index (χ1n) is 6.63. The zero-order valence-corrected chi connectivity index (χ0v) is 12.3. The number of nitrogen functional groups attached to an aromatic ring is 1. The Bertz CT molecular complexity index is 604. The Labute approximate surface area is 127 Å².